The van der Waals surface area contributed by atoms with E-state index in [0.717, 1.165) is 5.57 Å². The molecule has 3 aliphatic heterocycles. The first-order valence-electron chi connectivity index (χ1n) is 17.5. The van der Waals surface area contributed by atoms with Gasteiger partial charge in [0.25, 0.3) is 0 Å². The van der Waals surface area contributed by atoms with E-state index < -0.39 is 90.0 Å². The Hall–Kier alpha value is -2.20. The number of fused-ring (bicyclic) bond motifs is 4. The number of methoxy groups -OCH3 is 1. The Morgan fingerprint density at radius 1 is 1.02 bits per heavy atom. The van der Waals surface area contributed by atoms with E-state index in [4.69, 9.17) is 28.4 Å². The maximum Gasteiger partial charge on any atom is 0.330 e. The van der Waals surface area contributed by atoms with Crippen molar-refractivity contribution >= 4 is 11.9 Å². The molecule has 286 valence electrons. The van der Waals surface area contributed by atoms with E-state index in [1.807, 2.05) is 6.08 Å². The highest BCUT2D eigenvalue weighted by Crippen LogP contribution is 2.49. The standard InChI is InChI=1S/C37H60O13/c1-21-12-26-10-11-35(5,6)34(43)48-27(13-22(2)15-32(41)45-9)18-30(23(3)38)49-33(42)17-25(40)16-28-19-31(46-24(4)39)36(7,8)37(44,50-28)20-29(14-21)47-26/h10-11,15,23,25-31,33-34,38,40,42-44H,1,12-14,16-20H2,2-9H3/b11-10+,22-15-/t23-,25-,26+,27?,28?,29+,30?,31?,33?,34?,37+/m1/s1. The number of aliphatic hydroxyl groups is 5. The van der Waals surface area contributed by atoms with Crippen molar-refractivity contribution in [2.75, 3.05) is 7.11 Å². The van der Waals surface area contributed by atoms with Gasteiger partial charge in [0.15, 0.2) is 18.4 Å². The van der Waals surface area contributed by atoms with Gasteiger partial charge in [-0.25, -0.2) is 4.79 Å². The van der Waals surface area contributed by atoms with Crippen LogP contribution in [0.15, 0.2) is 36.0 Å². The third-order valence-corrected chi connectivity index (χ3v) is 10.0. The van der Waals surface area contributed by atoms with Crippen molar-refractivity contribution in [1.82, 2.24) is 0 Å². The fourth-order valence-corrected chi connectivity index (χ4v) is 6.86. The van der Waals surface area contributed by atoms with E-state index in [-0.39, 0.29) is 38.5 Å². The van der Waals surface area contributed by atoms with Gasteiger partial charge in [-0.1, -0.05) is 57.6 Å². The summed E-state index contributed by atoms with van der Waals surface area (Å²) in [7, 11) is 1.27. The molecule has 0 spiro atoms. The minimum Gasteiger partial charge on any atom is -0.466 e. The molecule has 13 nitrogen and oxygen atoms in total. The van der Waals surface area contributed by atoms with Crippen LogP contribution in [-0.4, -0.2) is 112 Å². The number of carbonyl (C=O) groups is 2. The second-order valence-corrected chi connectivity index (χ2v) is 15.5. The third kappa shape index (κ3) is 11.7. The molecule has 11 atom stereocenters. The zero-order valence-electron chi connectivity index (χ0n) is 30.9. The summed E-state index contributed by atoms with van der Waals surface area (Å²) in [5.74, 6) is -2.91. The highest BCUT2D eigenvalue weighted by atomic mass is 16.6. The highest BCUT2D eigenvalue weighted by Gasteiger charge is 2.57. The predicted molar refractivity (Wildman–Crippen MR) is 182 cm³/mol. The van der Waals surface area contributed by atoms with Crippen LogP contribution in [0.1, 0.15) is 99.8 Å². The summed E-state index contributed by atoms with van der Waals surface area (Å²) in [6, 6.07) is 0. The van der Waals surface area contributed by atoms with Crippen LogP contribution in [0.2, 0.25) is 0 Å². The van der Waals surface area contributed by atoms with E-state index in [2.05, 4.69) is 6.58 Å². The Labute approximate surface area is 296 Å². The van der Waals surface area contributed by atoms with Crippen molar-refractivity contribution in [3.05, 3.63) is 36.0 Å². The normalized spacial score (nSPS) is 38.7. The molecule has 4 bridgehead atoms. The van der Waals surface area contributed by atoms with E-state index in [1.54, 1.807) is 40.7 Å². The van der Waals surface area contributed by atoms with E-state index in [0.29, 0.717) is 18.4 Å². The summed E-state index contributed by atoms with van der Waals surface area (Å²) in [4.78, 5) is 24.1. The number of rotatable bonds is 5. The van der Waals surface area contributed by atoms with E-state index in [9.17, 15) is 35.1 Å². The second-order valence-electron chi connectivity index (χ2n) is 15.5. The SMILES string of the molecule is C=C1C[C@H]2C[C@]3(O)OC(CC(OC(C)=O)C3(C)C)C[C@@H](O)CC(O)OC([C@@H](C)O)CC(C/C(C)=C\C(=O)OC)OC(O)C(C)(C)/C=C/[C@@H](C1)O2. The number of esters is 2. The molecule has 0 aromatic heterocycles. The minimum atomic E-state index is -1.83. The van der Waals surface area contributed by atoms with E-state index >= 15 is 0 Å². The number of carbonyl (C=O) groups excluding carboxylic acids is 2. The molecule has 0 aromatic carbocycles. The molecule has 2 saturated heterocycles. The van der Waals surface area contributed by atoms with Crippen LogP contribution in [0.4, 0.5) is 0 Å². The van der Waals surface area contributed by atoms with Crippen LogP contribution < -0.4 is 0 Å². The van der Waals surface area contributed by atoms with Gasteiger partial charge in [0.2, 0.25) is 0 Å². The summed E-state index contributed by atoms with van der Waals surface area (Å²) < 4.78 is 35.2. The van der Waals surface area contributed by atoms with Gasteiger partial charge in [-0.3, -0.25) is 4.79 Å². The number of aliphatic hydroxyl groups excluding tert-OH is 4. The third-order valence-electron chi connectivity index (χ3n) is 10.0. The largest absolute Gasteiger partial charge is 0.466 e. The van der Waals surface area contributed by atoms with Crippen LogP contribution in [0.25, 0.3) is 0 Å². The zero-order chi connectivity index (χ0) is 37.6. The van der Waals surface area contributed by atoms with Gasteiger partial charge in [-0.15, -0.1) is 0 Å². The lowest BCUT2D eigenvalue weighted by molar-refractivity contribution is -0.349. The van der Waals surface area contributed by atoms with Crippen molar-refractivity contribution in [2.24, 2.45) is 10.8 Å². The highest BCUT2D eigenvalue weighted by molar-refractivity contribution is 5.82. The fourth-order valence-electron chi connectivity index (χ4n) is 6.86. The van der Waals surface area contributed by atoms with Crippen LogP contribution in [0, 0.1) is 10.8 Å². The van der Waals surface area contributed by atoms with Gasteiger partial charge < -0.3 is 54.0 Å². The van der Waals surface area contributed by atoms with Gasteiger partial charge in [0, 0.05) is 44.1 Å². The Morgan fingerprint density at radius 3 is 2.32 bits per heavy atom. The molecule has 3 aliphatic rings. The molecular weight excluding hydrogens is 652 g/mol. The van der Waals surface area contributed by atoms with Gasteiger partial charge >= 0.3 is 11.9 Å². The molecule has 13 heteroatoms. The second kappa shape index (κ2) is 17.5. The first kappa shape index (κ1) is 42.2. The molecule has 0 radical (unpaired) electrons. The topological polar surface area (TPSA) is 191 Å². The molecule has 2 fully saturated rings. The fraction of sp³-hybridized carbons (Fsp3) is 0.784. The molecule has 5 N–H and O–H groups in total. The lowest BCUT2D eigenvalue weighted by atomic mass is 9.70. The average molecular weight is 713 g/mol. The molecule has 50 heavy (non-hydrogen) atoms. The zero-order valence-corrected chi connectivity index (χ0v) is 30.9. The Kier molecular flexibility index (Phi) is 14.8. The number of ether oxygens (including phenoxy) is 6. The number of hydrogen-bond donors (Lipinski definition) is 5. The van der Waals surface area contributed by atoms with Gasteiger partial charge in [-0.05, 0) is 39.5 Å². The molecule has 0 amide bonds. The monoisotopic (exact) mass is 712 g/mol. The van der Waals surface area contributed by atoms with Gasteiger partial charge in [0.05, 0.1) is 55.3 Å². The van der Waals surface area contributed by atoms with Crippen LogP contribution in [0.3, 0.4) is 0 Å². The molecule has 0 aromatic rings. The molecule has 3 heterocycles. The molecular formula is C37H60O13. The molecule has 3 rings (SSSR count). The number of hydrogen-bond acceptors (Lipinski definition) is 13. The van der Waals surface area contributed by atoms with Crippen molar-refractivity contribution in [3.63, 3.8) is 0 Å². The Balaban J connectivity index is 2.01. The van der Waals surface area contributed by atoms with Crippen LogP contribution >= 0.6 is 0 Å². The Morgan fingerprint density at radius 2 is 1.70 bits per heavy atom. The molecule has 0 aliphatic carbocycles. The van der Waals surface area contributed by atoms with Crippen molar-refractivity contribution in [2.45, 2.75) is 167 Å². The van der Waals surface area contributed by atoms with Gasteiger partial charge in [0.1, 0.15) is 6.10 Å². The maximum absolute atomic E-state index is 12.2. The Bertz CT molecular complexity index is 1230. The summed E-state index contributed by atoms with van der Waals surface area (Å²) in [6.07, 6.45) is -3.34. The maximum atomic E-state index is 12.2. The minimum absolute atomic E-state index is 0.0131. The summed E-state index contributed by atoms with van der Waals surface area (Å²) >= 11 is 0. The first-order valence-corrected chi connectivity index (χ1v) is 17.5. The summed E-state index contributed by atoms with van der Waals surface area (Å²) in [6.45, 7) is 15.8. The predicted octanol–water partition coefficient (Wildman–Crippen LogP) is 3.34. The molecule has 0 saturated carbocycles. The van der Waals surface area contributed by atoms with Crippen molar-refractivity contribution in [1.29, 1.82) is 0 Å². The first-order chi connectivity index (χ1) is 23.1. The lowest BCUT2D eigenvalue weighted by Crippen LogP contribution is -2.62. The van der Waals surface area contributed by atoms with Crippen LogP contribution in [-0.2, 0) is 38.0 Å². The summed E-state index contributed by atoms with van der Waals surface area (Å²) in [5.41, 5.74) is -0.514. The quantitative estimate of drug-likeness (QED) is 0.159. The summed E-state index contributed by atoms with van der Waals surface area (Å²) in [5, 5.41) is 56.2. The van der Waals surface area contributed by atoms with Crippen molar-refractivity contribution < 1.29 is 63.5 Å². The van der Waals surface area contributed by atoms with E-state index in [1.165, 1.54) is 27.0 Å². The lowest BCUT2D eigenvalue weighted by Gasteiger charge is -2.53. The van der Waals surface area contributed by atoms with Gasteiger partial charge in [-0.2, -0.15) is 0 Å². The van der Waals surface area contributed by atoms with Crippen molar-refractivity contribution in [3.8, 4) is 0 Å². The average Bonchev–Trinajstić information content (AvgIpc) is 2.97. The van der Waals surface area contributed by atoms with Crippen LogP contribution in [0.5, 0.6) is 0 Å². The smallest absolute Gasteiger partial charge is 0.330 e. The molecule has 6 unspecified atom stereocenters.